The van der Waals surface area contributed by atoms with Gasteiger partial charge in [-0.05, 0) is 69.2 Å². The lowest BCUT2D eigenvalue weighted by Gasteiger charge is -2.36. The van der Waals surface area contributed by atoms with E-state index in [-0.39, 0.29) is 0 Å². The van der Waals surface area contributed by atoms with Gasteiger partial charge in [0.05, 0.1) is 6.61 Å². The molecule has 2 aliphatic rings. The maximum absolute atomic E-state index is 11.5. The molecule has 1 aromatic carbocycles. The molecule has 3 rings (SSSR count). The van der Waals surface area contributed by atoms with Crippen LogP contribution in [0.5, 0.6) is 0 Å². The Bertz CT molecular complexity index is 646. The molecule has 0 bridgehead atoms. The predicted molar refractivity (Wildman–Crippen MR) is 113 cm³/mol. The Morgan fingerprint density at radius 3 is 2.72 bits per heavy atom. The summed E-state index contributed by atoms with van der Waals surface area (Å²) in [4.78, 5) is 27.5. The van der Waals surface area contributed by atoms with Gasteiger partial charge in [0.25, 0.3) is 0 Å². The van der Waals surface area contributed by atoms with E-state index in [0.717, 1.165) is 70.6 Å². The second kappa shape index (κ2) is 11.0. The van der Waals surface area contributed by atoms with Gasteiger partial charge in [0.15, 0.2) is 0 Å². The zero-order valence-corrected chi connectivity index (χ0v) is 17.3. The van der Waals surface area contributed by atoms with Crippen molar-refractivity contribution in [2.24, 2.45) is 5.92 Å². The molecular weight excluding hydrogens is 370 g/mol. The Kier molecular flexibility index (Phi) is 8.16. The number of benzene rings is 1. The fourth-order valence-corrected chi connectivity index (χ4v) is 4.25. The van der Waals surface area contributed by atoms with Crippen molar-refractivity contribution >= 4 is 23.9 Å². The van der Waals surface area contributed by atoms with Gasteiger partial charge in [-0.25, -0.2) is 4.79 Å². The number of hydrogen-bond donors (Lipinski definition) is 1. The van der Waals surface area contributed by atoms with Gasteiger partial charge in [-0.15, -0.1) is 0 Å². The number of nitrogens with one attached hydrogen (secondary N) is 1. The van der Waals surface area contributed by atoms with Gasteiger partial charge >= 0.3 is 6.09 Å². The van der Waals surface area contributed by atoms with Crippen LogP contribution in [0.25, 0.3) is 0 Å². The Hall–Kier alpha value is -2.28. The van der Waals surface area contributed by atoms with Crippen LogP contribution in [0.2, 0.25) is 0 Å². The van der Waals surface area contributed by atoms with Crippen LogP contribution in [0.15, 0.2) is 24.3 Å². The summed E-state index contributed by atoms with van der Waals surface area (Å²) in [5.74, 6) is 0.586. The summed E-state index contributed by atoms with van der Waals surface area (Å²) in [5, 5.41) is 2.72. The molecule has 2 aliphatic heterocycles. The zero-order valence-electron chi connectivity index (χ0n) is 17.3. The van der Waals surface area contributed by atoms with Gasteiger partial charge in [0.1, 0.15) is 0 Å². The molecule has 160 valence electrons. The molecule has 0 radical (unpaired) electrons. The third kappa shape index (κ3) is 6.35. The van der Waals surface area contributed by atoms with Crippen LogP contribution >= 0.6 is 0 Å². The molecule has 0 aromatic heterocycles. The molecule has 29 heavy (non-hydrogen) atoms. The first-order chi connectivity index (χ1) is 14.2. The number of carbonyl (C=O) groups is 2. The second-order valence-electron chi connectivity index (χ2n) is 7.82. The van der Waals surface area contributed by atoms with E-state index in [1.54, 1.807) is 6.92 Å². The van der Waals surface area contributed by atoms with Crippen LogP contribution in [-0.2, 0) is 14.3 Å². The number of rotatable bonds is 8. The Morgan fingerprint density at radius 2 is 2.03 bits per heavy atom. The smallest absolute Gasteiger partial charge is 0.411 e. The van der Waals surface area contributed by atoms with Crippen LogP contribution in [0, 0.1) is 5.92 Å². The van der Waals surface area contributed by atoms with Crippen molar-refractivity contribution in [2.75, 3.05) is 49.7 Å². The fourth-order valence-electron chi connectivity index (χ4n) is 4.25. The monoisotopic (exact) mass is 403 g/mol. The molecular formula is C22H33N3O4. The molecule has 2 saturated heterocycles. The lowest BCUT2D eigenvalue weighted by atomic mass is 9.93. The van der Waals surface area contributed by atoms with Gasteiger partial charge in [-0.1, -0.05) is 0 Å². The summed E-state index contributed by atoms with van der Waals surface area (Å²) < 4.78 is 10.3. The lowest BCUT2D eigenvalue weighted by Crippen LogP contribution is -2.41. The molecule has 2 fully saturated rings. The second-order valence-corrected chi connectivity index (χ2v) is 7.82. The summed E-state index contributed by atoms with van der Waals surface area (Å²) in [6, 6.07) is 8.25. The van der Waals surface area contributed by atoms with E-state index < -0.39 is 6.09 Å². The molecule has 7 heteroatoms. The van der Waals surface area contributed by atoms with Gasteiger partial charge in [-0.2, -0.15) is 0 Å². The highest BCUT2D eigenvalue weighted by molar-refractivity contribution is 5.84. The molecule has 1 N–H and O–H groups in total. The molecule has 2 amide bonds. The van der Waals surface area contributed by atoms with E-state index in [9.17, 15) is 9.59 Å². The van der Waals surface area contributed by atoms with E-state index in [1.807, 2.05) is 29.2 Å². The molecule has 1 aromatic rings. The Morgan fingerprint density at radius 1 is 1.28 bits per heavy atom. The molecule has 2 heterocycles. The van der Waals surface area contributed by atoms with Crippen molar-refractivity contribution in [1.29, 1.82) is 0 Å². The minimum absolute atomic E-state index is 0.334. The number of amides is 2. The number of anilines is 2. The summed E-state index contributed by atoms with van der Waals surface area (Å²) in [7, 11) is 0. The maximum atomic E-state index is 11.5. The average molecular weight is 404 g/mol. The summed E-state index contributed by atoms with van der Waals surface area (Å²) in [6.07, 6.45) is 5.89. The van der Waals surface area contributed by atoms with Gasteiger partial charge in [0.2, 0.25) is 6.41 Å². The van der Waals surface area contributed by atoms with Crippen LogP contribution in [0.4, 0.5) is 16.2 Å². The quantitative estimate of drug-likeness (QED) is 0.673. The lowest BCUT2D eigenvalue weighted by molar-refractivity contribution is -0.122. The highest BCUT2D eigenvalue weighted by atomic mass is 16.5. The van der Waals surface area contributed by atoms with Crippen LogP contribution < -0.4 is 10.2 Å². The van der Waals surface area contributed by atoms with E-state index >= 15 is 0 Å². The van der Waals surface area contributed by atoms with Crippen molar-refractivity contribution < 1.29 is 19.1 Å². The number of carbonyl (C=O) groups excluding carboxylic acids is 2. The third-order valence-corrected chi connectivity index (χ3v) is 5.86. The SMILES string of the molecule is CCOC(=O)Nc1ccc(N2CCCC(CCN(C=O)C3CCOCC3)C2)cc1. The van der Waals surface area contributed by atoms with Gasteiger partial charge < -0.3 is 19.3 Å². The largest absolute Gasteiger partial charge is 0.450 e. The minimum Gasteiger partial charge on any atom is -0.450 e. The standard InChI is InChI=1S/C22H33N3O4/c1-2-29-22(27)23-19-5-7-20(8-6-19)24-12-3-4-18(16-24)9-13-25(17-26)21-10-14-28-15-11-21/h5-8,17-18,21H,2-4,9-16H2,1H3,(H,23,27). The van der Waals surface area contributed by atoms with E-state index in [0.29, 0.717) is 18.6 Å². The van der Waals surface area contributed by atoms with Crippen molar-refractivity contribution in [2.45, 2.75) is 45.1 Å². The minimum atomic E-state index is -0.428. The molecule has 0 aliphatic carbocycles. The first kappa shape index (κ1) is 21.4. The summed E-state index contributed by atoms with van der Waals surface area (Å²) >= 11 is 0. The Labute approximate surface area is 173 Å². The molecule has 0 spiro atoms. The first-order valence-electron chi connectivity index (χ1n) is 10.8. The molecule has 1 atom stereocenters. The number of nitrogens with zero attached hydrogens (tertiary/aromatic N) is 2. The molecule has 1 unspecified atom stereocenters. The van der Waals surface area contributed by atoms with Gasteiger partial charge in [0, 0.05) is 50.3 Å². The van der Waals surface area contributed by atoms with E-state index in [1.165, 1.54) is 12.1 Å². The van der Waals surface area contributed by atoms with Crippen molar-refractivity contribution in [3.63, 3.8) is 0 Å². The fraction of sp³-hybridized carbons (Fsp3) is 0.636. The first-order valence-corrected chi connectivity index (χ1v) is 10.8. The van der Waals surface area contributed by atoms with E-state index in [2.05, 4.69) is 10.2 Å². The van der Waals surface area contributed by atoms with Crippen molar-refractivity contribution in [3.05, 3.63) is 24.3 Å². The number of hydrogen-bond acceptors (Lipinski definition) is 5. The highest BCUT2D eigenvalue weighted by Crippen LogP contribution is 2.27. The Balaban J connectivity index is 1.49. The van der Waals surface area contributed by atoms with Crippen molar-refractivity contribution in [1.82, 2.24) is 4.90 Å². The summed E-state index contributed by atoms with van der Waals surface area (Å²) in [6.45, 7) is 6.53. The highest BCUT2D eigenvalue weighted by Gasteiger charge is 2.24. The molecule has 0 saturated carbocycles. The third-order valence-electron chi connectivity index (χ3n) is 5.86. The zero-order chi connectivity index (χ0) is 20.5. The van der Waals surface area contributed by atoms with Crippen LogP contribution in [0.1, 0.15) is 39.0 Å². The van der Waals surface area contributed by atoms with Crippen molar-refractivity contribution in [3.8, 4) is 0 Å². The number of piperidine rings is 1. The van der Waals surface area contributed by atoms with Crippen LogP contribution in [-0.4, -0.2) is 62.9 Å². The molecule has 7 nitrogen and oxygen atoms in total. The van der Waals surface area contributed by atoms with E-state index in [4.69, 9.17) is 9.47 Å². The number of ether oxygens (including phenoxy) is 2. The summed E-state index contributed by atoms with van der Waals surface area (Å²) in [5.41, 5.74) is 1.90. The average Bonchev–Trinajstić information content (AvgIpc) is 2.76. The topological polar surface area (TPSA) is 71.1 Å². The maximum Gasteiger partial charge on any atom is 0.411 e. The predicted octanol–water partition coefficient (Wildman–Crippen LogP) is 3.50. The normalized spacial score (nSPS) is 20.2. The van der Waals surface area contributed by atoms with Crippen LogP contribution in [0.3, 0.4) is 0 Å². The van der Waals surface area contributed by atoms with Gasteiger partial charge in [-0.3, -0.25) is 10.1 Å².